The minimum absolute atomic E-state index is 0.192. The molecule has 1 atom stereocenters. The average molecular weight is 694 g/mol. The zero-order valence-electron chi connectivity index (χ0n) is 33.4. The number of unbranched alkanes of at least 4 members (excludes halogenated alkanes) is 32. The largest absolute Gasteiger partial charge is 0.516 e. The number of rotatable bonds is 40. The summed E-state index contributed by atoms with van der Waals surface area (Å²) >= 11 is 0. The molecule has 0 rings (SSSR count). The quantitative estimate of drug-likeness (QED) is 0.0392. The third kappa shape index (κ3) is 38.0. The molecule has 49 heavy (non-hydrogen) atoms. The average Bonchev–Trinajstić information content (AvgIpc) is 3.10. The summed E-state index contributed by atoms with van der Waals surface area (Å²) in [6.45, 7) is 5.68. The van der Waals surface area contributed by atoms with Crippen LogP contribution in [0.4, 0.5) is 4.79 Å². The van der Waals surface area contributed by atoms with E-state index in [1.54, 1.807) is 0 Å². The first-order valence-electron chi connectivity index (χ1n) is 22.2. The maximum absolute atomic E-state index is 13.0. The molecule has 1 unspecified atom stereocenters. The van der Waals surface area contributed by atoms with Gasteiger partial charge in [-0.15, -0.1) is 0 Å². The number of esters is 1. The summed E-state index contributed by atoms with van der Waals surface area (Å²) < 4.78 is 10.5. The predicted octanol–water partition coefficient (Wildman–Crippen LogP) is 14.7. The number of carbonyl (C=O) groups excluding carboxylic acids is 2. The molecule has 0 aliphatic heterocycles. The van der Waals surface area contributed by atoms with Crippen molar-refractivity contribution in [1.29, 1.82) is 0 Å². The minimum atomic E-state index is -0.800. The predicted molar refractivity (Wildman–Crippen MR) is 212 cm³/mol. The molecule has 0 radical (unpaired) electrons. The number of ether oxygens (including phenoxy) is 2. The van der Waals surface area contributed by atoms with E-state index in [0.29, 0.717) is 6.61 Å². The fourth-order valence-corrected chi connectivity index (χ4v) is 7.03. The van der Waals surface area contributed by atoms with Crippen molar-refractivity contribution in [3.63, 3.8) is 0 Å². The van der Waals surface area contributed by atoms with Gasteiger partial charge >= 0.3 is 12.1 Å². The second-order valence-corrected chi connectivity index (χ2v) is 15.2. The fraction of sp³-hybridized carbons (Fsp3) is 0.955. The highest BCUT2D eigenvalue weighted by Gasteiger charge is 2.23. The Bertz CT molecular complexity index is 669. The fourth-order valence-electron chi connectivity index (χ4n) is 7.03. The molecule has 0 saturated carbocycles. The van der Waals surface area contributed by atoms with E-state index in [9.17, 15) is 9.59 Å². The molecule has 0 bridgehead atoms. The van der Waals surface area contributed by atoms with Crippen molar-refractivity contribution in [3.05, 3.63) is 0 Å². The van der Waals surface area contributed by atoms with Crippen LogP contribution in [0.25, 0.3) is 0 Å². The van der Waals surface area contributed by atoms with Gasteiger partial charge in [0.15, 0.2) is 0 Å². The third-order valence-electron chi connectivity index (χ3n) is 10.4. The lowest BCUT2D eigenvalue weighted by molar-refractivity contribution is -0.145. The Morgan fingerprint density at radius 2 is 0.694 bits per heavy atom. The molecule has 0 heterocycles. The molecule has 0 aromatic heterocycles. The van der Waals surface area contributed by atoms with Crippen LogP contribution in [-0.2, 0) is 14.3 Å². The van der Waals surface area contributed by atoms with E-state index in [0.717, 1.165) is 64.3 Å². The van der Waals surface area contributed by atoms with Gasteiger partial charge in [0, 0.05) is 0 Å². The van der Waals surface area contributed by atoms with Gasteiger partial charge in [-0.3, -0.25) is 4.79 Å². The van der Waals surface area contributed by atoms with Crippen LogP contribution in [0, 0.1) is 5.92 Å². The van der Waals surface area contributed by atoms with E-state index in [1.165, 1.54) is 180 Å². The normalized spacial score (nSPS) is 12.0. The smallest absolute Gasteiger partial charge is 0.434 e. The summed E-state index contributed by atoms with van der Waals surface area (Å²) in [6, 6.07) is 0. The van der Waals surface area contributed by atoms with E-state index in [2.05, 4.69) is 13.8 Å². The Kier molecular flexibility index (Phi) is 40.4. The lowest BCUT2D eigenvalue weighted by Gasteiger charge is -2.15. The molecule has 0 spiro atoms. The van der Waals surface area contributed by atoms with Crippen LogP contribution in [0.1, 0.15) is 251 Å². The molecule has 5 heteroatoms. The number of hydrogen-bond acceptors (Lipinski definition) is 5. The van der Waals surface area contributed by atoms with Gasteiger partial charge in [0.25, 0.3) is 0 Å². The van der Waals surface area contributed by atoms with Gasteiger partial charge in [-0.25, -0.2) is 4.79 Å². The van der Waals surface area contributed by atoms with Crippen molar-refractivity contribution in [2.45, 2.75) is 251 Å². The van der Waals surface area contributed by atoms with Crippen LogP contribution in [0.5, 0.6) is 0 Å². The monoisotopic (exact) mass is 694 g/mol. The van der Waals surface area contributed by atoms with Crippen molar-refractivity contribution >= 4 is 12.1 Å². The molecular weight excluding hydrogens is 606 g/mol. The number of hydrogen-bond donors (Lipinski definition) is 1. The van der Waals surface area contributed by atoms with Crippen LogP contribution >= 0.6 is 0 Å². The maximum atomic E-state index is 13.0. The zero-order chi connectivity index (χ0) is 35.7. The summed E-state index contributed by atoms with van der Waals surface area (Å²) in [5.41, 5.74) is 5.61. The SMILES string of the molecule is CCCCCCCCCCCCCCCCOC(=O)OC(=O)C(CCCCCCCCCN)CCCCCCCCCCCCCCCC. The first kappa shape index (κ1) is 47.9. The molecule has 0 amide bonds. The summed E-state index contributed by atoms with van der Waals surface area (Å²) in [5.74, 6) is -0.563. The van der Waals surface area contributed by atoms with Gasteiger partial charge in [0.05, 0.1) is 12.5 Å². The minimum Gasteiger partial charge on any atom is -0.434 e. The van der Waals surface area contributed by atoms with Gasteiger partial charge in [-0.2, -0.15) is 0 Å². The van der Waals surface area contributed by atoms with E-state index in [4.69, 9.17) is 15.2 Å². The van der Waals surface area contributed by atoms with E-state index >= 15 is 0 Å². The lowest BCUT2D eigenvalue weighted by atomic mass is 9.94. The molecular formula is C44H87NO4. The molecule has 0 saturated heterocycles. The molecule has 0 aromatic carbocycles. The molecule has 0 aliphatic rings. The zero-order valence-corrected chi connectivity index (χ0v) is 33.4. The van der Waals surface area contributed by atoms with Crippen LogP contribution in [0.15, 0.2) is 0 Å². The Morgan fingerprint density at radius 1 is 0.408 bits per heavy atom. The first-order valence-corrected chi connectivity index (χ1v) is 22.2. The Labute approximate surface area is 306 Å². The van der Waals surface area contributed by atoms with Crippen LogP contribution in [0.2, 0.25) is 0 Å². The Morgan fingerprint density at radius 3 is 1.02 bits per heavy atom. The highest BCUT2D eigenvalue weighted by Crippen LogP contribution is 2.22. The van der Waals surface area contributed by atoms with Crippen molar-refractivity contribution in [1.82, 2.24) is 0 Å². The van der Waals surface area contributed by atoms with Crippen molar-refractivity contribution in [2.24, 2.45) is 11.7 Å². The van der Waals surface area contributed by atoms with E-state index in [-0.39, 0.29) is 11.9 Å². The standard InChI is InChI=1S/C44H87NO4/c1-3-5-7-9-11-13-15-17-19-21-23-26-30-34-38-42(39-35-31-27-25-28-32-36-40-45)43(46)49-44(47)48-41-37-33-29-24-22-20-18-16-14-12-10-8-6-4-2/h42H,3-41,45H2,1-2H3. The first-order chi connectivity index (χ1) is 24.2. The summed E-state index contributed by atoms with van der Waals surface area (Å²) in [4.78, 5) is 25.3. The number of nitrogens with two attached hydrogens (primary N) is 1. The van der Waals surface area contributed by atoms with Gasteiger partial charge < -0.3 is 15.2 Å². The van der Waals surface area contributed by atoms with Gasteiger partial charge in [-0.1, -0.05) is 226 Å². The second kappa shape index (κ2) is 41.3. The topological polar surface area (TPSA) is 78.6 Å². The molecule has 0 aromatic rings. The number of carbonyl (C=O) groups is 2. The van der Waals surface area contributed by atoms with Crippen LogP contribution < -0.4 is 5.73 Å². The summed E-state index contributed by atoms with van der Waals surface area (Å²) in [5, 5.41) is 0. The third-order valence-corrected chi connectivity index (χ3v) is 10.4. The van der Waals surface area contributed by atoms with Crippen molar-refractivity contribution in [3.8, 4) is 0 Å². The molecule has 292 valence electrons. The second-order valence-electron chi connectivity index (χ2n) is 15.2. The Balaban J connectivity index is 4.07. The van der Waals surface area contributed by atoms with Crippen LogP contribution in [0.3, 0.4) is 0 Å². The van der Waals surface area contributed by atoms with Crippen LogP contribution in [-0.4, -0.2) is 25.3 Å². The molecule has 5 nitrogen and oxygen atoms in total. The maximum Gasteiger partial charge on any atom is 0.516 e. The van der Waals surface area contributed by atoms with Gasteiger partial charge in [-0.05, 0) is 32.2 Å². The summed E-state index contributed by atoms with van der Waals surface area (Å²) in [7, 11) is 0. The summed E-state index contributed by atoms with van der Waals surface area (Å²) in [6.07, 6.45) is 45.6. The van der Waals surface area contributed by atoms with E-state index < -0.39 is 6.16 Å². The highest BCUT2D eigenvalue weighted by molar-refractivity contribution is 5.83. The van der Waals surface area contributed by atoms with E-state index in [1.807, 2.05) is 0 Å². The highest BCUT2D eigenvalue weighted by atomic mass is 16.7. The molecule has 2 N–H and O–H groups in total. The van der Waals surface area contributed by atoms with Gasteiger partial charge in [0.1, 0.15) is 0 Å². The van der Waals surface area contributed by atoms with Crippen molar-refractivity contribution in [2.75, 3.05) is 13.2 Å². The molecule has 0 fully saturated rings. The van der Waals surface area contributed by atoms with Gasteiger partial charge in [0.2, 0.25) is 0 Å². The Hall–Kier alpha value is -1.10. The molecule has 0 aliphatic carbocycles. The lowest BCUT2D eigenvalue weighted by Crippen LogP contribution is -2.22. The van der Waals surface area contributed by atoms with Crippen molar-refractivity contribution < 1.29 is 19.1 Å².